The van der Waals surface area contributed by atoms with Gasteiger partial charge in [0, 0.05) is 49.5 Å². The first-order valence-corrected chi connectivity index (χ1v) is 9.36. The Morgan fingerprint density at radius 3 is 2.48 bits per heavy atom. The summed E-state index contributed by atoms with van der Waals surface area (Å²) in [6.45, 7) is 6.14. The lowest BCUT2D eigenvalue weighted by molar-refractivity contribution is -0.129. The zero-order valence-corrected chi connectivity index (χ0v) is 15.4. The maximum Gasteiger partial charge on any atom is 0.244 e. The molecule has 3 rings (SSSR count). The van der Waals surface area contributed by atoms with Gasteiger partial charge in [0.25, 0.3) is 0 Å². The van der Waals surface area contributed by atoms with E-state index in [-0.39, 0.29) is 12.5 Å². The molecular formula is C18H26ClN5O. The van der Waals surface area contributed by atoms with Gasteiger partial charge in [-0.05, 0) is 44.0 Å². The first-order chi connectivity index (χ1) is 12.2. The molecule has 0 spiro atoms. The van der Waals surface area contributed by atoms with Gasteiger partial charge in [-0.2, -0.15) is 0 Å². The van der Waals surface area contributed by atoms with Crippen LogP contribution in [0.4, 0.5) is 5.69 Å². The van der Waals surface area contributed by atoms with Crippen LogP contribution in [0, 0.1) is 0 Å². The number of anilines is 1. The van der Waals surface area contributed by atoms with Crippen LogP contribution in [0.3, 0.4) is 0 Å². The number of guanidine groups is 1. The molecule has 1 aromatic rings. The molecule has 136 valence electrons. The highest BCUT2D eigenvalue weighted by Crippen LogP contribution is 2.20. The van der Waals surface area contributed by atoms with Crippen LogP contribution in [-0.4, -0.2) is 62.1 Å². The molecule has 7 heteroatoms. The van der Waals surface area contributed by atoms with Crippen molar-refractivity contribution in [3.8, 4) is 0 Å². The third-order valence-electron chi connectivity index (χ3n) is 4.46. The van der Waals surface area contributed by atoms with Crippen LogP contribution < -0.4 is 15.5 Å². The Labute approximate surface area is 154 Å². The summed E-state index contributed by atoms with van der Waals surface area (Å²) >= 11 is 5.94. The molecule has 2 N–H and O–H groups in total. The Kier molecular flexibility index (Phi) is 6.02. The number of nitrogens with one attached hydrogen (secondary N) is 2. The average molecular weight is 364 g/mol. The number of halogens is 1. The van der Waals surface area contributed by atoms with Gasteiger partial charge in [0.05, 0.1) is 0 Å². The largest absolute Gasteiger partial charge is 0.368 e. The molecule has 2 aliphatic rings. The number of aliphatic imine (C=N–C) groups is 1. The molecule has 1 aliphatic carbocycles. The fourth-order valence-corrected chi connectivity index (χ4v) is 2.98. The fourth-order valence-electron chi connectivity index (χ4n) is 2.85. The van der Waals surface area contributed by atoms with Crippen molar-refractivity contribution in [3.63, 3.8) is 0 Å². The molecule has 6 nitrogen and oxygen atoms in total. The summed E-state index contributed by atoms with van der Waals surface area (Å²) in [6.07, 6.45) is 2.37. The number of hydrogen-bond donors (Lipinski definition) is 2. The molecule has 0 aromatic heterocycles. The predicted molar refractivity (Wildman–Crippen MR) is 102 cm³/mol. The molecule has 1 saturated heterocycles. The standard InChI is InChI=1S/C18H26ClN5O/c1-2-20-18(22-15-5-6-15)21-13-17(25)24-11-9-23(10-12-24)16-7-3-14(19)4-8-16/h3-4,7-8,15H,2,5-6,9-13H2,1H3,(H2,20,21,22). The predicted octanol–water partition coefficient (Wildman–Crippen LogP) is 1.71. The Balaban J connectivity index is 1.48. The number of rotatable bonds is 5. The Morgan fingerprint density at radius 2 is 1.88 bits per heavy atom. The highest BCUT2D eigenvalue weighted by atomic mass is 35.5. The second kappa shape index (κ2) is 8.43. The van der Waals surface area contributed by atoms with Crippen molar-refractivity contribution in [2.24, 2.45) is 4.99 Å². The van der Waals surface area contributed by atoms with E-state index in [9.17, 15) is 4.79 Å². The van der Waals surface area contributed by atoms with E-state index in [1.165, 1.54) is 12.8 Å². The summed E-state index contributed by atoms with van der Waals surface area (Å²) in [5, 5.41) is 7.27. The Morgan fingerprint density at radius 1 is 1.20 bits per heavy atom. The maximum atomic E-state index is 12.4. The quantitative estimate of drug-likeness (QED) is 0.617. The number of piperazine rings is 1. The SMILES string of the molecule is CCNC(=NCC(=O)N1CCN(c2ccc(Cl)cc2)CC1)NC1CC1. The second-order valence-electron chi connectivity index (χ2n) is 6.46. The van der Waals surface area contributed by atoms with Gasteiger partial charge in [-0.25, -0.2) is 4.99 Å². The summed E-state index contributed by atoms with van der Waals surface area (Å²) in [5.41, 5.74) is 1.15. The molecule has 1 amide bonds. The van der Waals surface area contributed by atoms with Crippen molar-refractivity contribution in [2.45, 2.75) is 25.8 Å². The van der Waals surface area contributed by atoms with Crippen LogP contribution in [0.15, 0.2) is 29.3 Å². The smallest absolute Gasteiger partial charge is 0.244 e. The van der Waals surface area contributed by atoms with Crippen LogP contribution in [0.5, 0.6) is 0 Å². The maximum absolute atomic E-state index is 12.4. The highest BCUT2D eigenvalue weighted by molar-refractivity contribution is 6.30. The van der Waals surface area contributed by atoms with Gasteiger partial charge in [0.1, 0.15) is 6.54 Å². The molecule has 0 radical (unpaired) electrons. The summed E-state index contributed by atoms with van der Waals surface area (Å²) in [4.78, 5) is 21.0. The van der Waals surface area contributed by atoms with Crippen LogP contribution >= 0.6 is 11.6 Å². The summed E-state index contributed by atoms with van der Waals surface area (Å²) in [6, 6.07) is 8.37. The van der Waals surface area contributed by atoms with E-state index in [0.29, 0.717) is 6.04 Å². The number of amides is 1. The van der Waals surface area contributed by atoms with Crippen molar-refractivity contribution in [1.29, 1.82) is 0 Å². The van der Waals surface area contributed by atoms with Gasteiger partial charge in [-0.15, -0.1) is 0 Å². The van der Waals surface area contributed by atoms with E-state index in [2.05, 4.69) is 20.5 Å². The second-order valence-corrected chi connectivity index (χ2v) is 6.89. The highest BCUT2D eigenvalue weighted by Gasteiger charge is 2.23. The minimum atomic E-state index is 0.0868. The third-order valence-corrected chi connectivity index (χ3v) is 4.71. The van der Waals surface area contributed by atoms with E-state index in [0.717, 1.165) is 49.4 Å². The molecular weight excluding hydrogens is 338 g/mol. The van der Waals surface area contributed by atoms with Crippen LogP contribution in [0.2, 0.25) is 5.02 Å². The number of carbonyl (C=O) groups is 1. The Bertz CT molecular complexity index is 606. The zero-order valence-electron chi connectivity index (χ0n) is 14.7. The van der Waals surface area contributed by atoms with E-state index >= 15 is 0 Å². The number of benzene rings is 1. The molecule has 0 bridgehead atoms. The van der Waals surface area contributed by atoms with Gasteiger partial charge >= 0.3 is 0 Å². The van der Waals surface area contributed by atoms with E-state index in [1.54, 1.807) is 0 Å². The van der Waals surface area contributed by atoms with Gasteiger partial charge in [-0.1, -0.05) is 11.6 Å². The lowest BCUT2D eigenvalue weighted by atomic mass is 10.2. The zero-order chi connectivity index (χ0) is 17.6. The molecule has 1 saturated carbocycles. The first-order valence-electron chi connectivity index (χ1n) is 8.99. The summed E-state index contributed by atoms with van der Waals surface area (Å²) < 4.78 is 0. The topological polar surface area (TPSA) is 60.0 Å². The van der Waals surface area contributed by atoms with E-state index in [1.807, 2.05) is 36.1 Å². The van der Waals surface area contributed by atoms with E-state index < -0.39 is 0 Å². The lowest BCUT2D eigenvalue weighted by Crippen LogP contribution is -2.49. The van der Waals surface area contributed by atoms with Crippen LogP contribution in [0.1, 0.15) is 19.8 Å². The third kappa shape index (κ3) is 5.26. The monoisotopic (exact) mass is 363 g/mol. The Hall–Kier alpha value is -1.95. The van der Waals surface area contributed by atoms with Crippen LogP contribution in [-0.2, 0) is 4.79 Å². The van der Waals surface area contributed by atoms with Gasteiger partial charge < -0.3 is 20.4 Å². The fraction of sp³-hybridized carbons (Fsp3) is 0.556. The van der Waals surface area contributed by atoms with Crippen molar-refractivity contribution < 1.29 is 4.79 Å². The molecule has 1 heterocycles. The molecule has 2 fully saturated rings. The molecule has 25 heavy (non-hydrogen) atoms. The minimum Gasteiger partial charge on any atom is -0.368 e. The summed E-state index contributed by atoms with van der Waals surface area (Å²) in [5.74, 6) is 0.835. The number of nitrogens with zero attached hydrogens (tertiary/aromatic N) is 3. The minimum absolute atomic E-state index is 0.0868. The van der Waals surface area contributed by atoms with Crippen molar-refractivity contribution in [3.05, 3.63) is 29.3 Å². The van der Waals surface area contributed by atoms with Crippen molar-refractivity contribution >= 4 is 29.2 Å². The molecule has 1 aliphatic heterocycles. The normalized spacial score (nSPS) is 18.2. The van der Waals surface area contributed by atoms with Crippen molar-refractivity contribution in [2.75, 3.05) is 44.2 Å². The van der Waals surface area contributed by atoms with Gasteiger partial charge in [0.15, 0.2) is 5.96 Å². The van der Waals surface area contributed by atoms with Crippen LogP contribution in [0.25, 0.3) is 0 Å². The molecule has 0 unspecified atom stereocenters. The van der Waals surface area contributed by atoms with E-state index in [4.69, 9.17) is 11.6 Å². The lowest BCUT2D eigenvalue weighted by Gasteiger charge is -2.36. The molecule has 0 atom stereocenters. The van der Waals surface area contributed by atoms with Gasteiger partial charge in [-0.3, -0.25) is 4.79 Å². The number of hydrogen-bond acceptors (Lipinski definition) is 3. The van der Waals surface area contributed by atoms with Gasteiger partial charge in [0.2, 0.25) is 5.91 Å². The van der Waals surface area contributed by atoms with Crippen molar-refractivity contribution in [1.82, 2.24) is 15.5 Å². The average Bonchev–Trinajstić information content (AvgIpc) is 3.44. The first kappa shape index (κ1) is 17.9. The molecule has 1 aromatic carbocycles. The number of carbonyl (C=O) groups excluding carboxylic acids is 1. The summed E-state index contributed by atoms with van der Waals surface area (Å²) in [7, 11) is 0.